The molecule has 3 N–H and O–H groups in total. The van der Waals surface area contributed by atoms with Crippen LogP contribution in [0, 0.1) is 17.7 Å². The predicted octanol–water partition coefficient (Wildman–Crippen LogP) is 1.24. The number of nitrogens with zero attached hydrogens (tertiary/aromatic N) is 2. The van der Waals surface area contributed by atoms with E-state index in [1.54, 1.807) is 0 Å². The third-order valence-electron chi connectivity index (χ3n) is 2.15. The lowest BCUT2D eigenvalue weighted by Gasteiger charge is -2.02. The number of aromatic nitrogens is 2. The molecular weight excluding hydrogens is 267 g/mol. The zero-order valence-corrected chi connectivity index (χ0v) is 10.5. The Hall–Kier alpha value is -2.30. The molecule has 2 rings (SSSR count). The van der Waals surface area contributed by atoms with Crippen molar-refractivity contribution in [3.8, 4) is 11.8 Å². The Morgan fingerprint density at radius 1 is 1.53 bits per heavy atom. The number of halogens is 1. The number of nitrogens with one attached hydrogen (secondary N) is 1. The van der Waals surface area contributed by atoms with Crippen molar-refractivity contribution in [3.63, 3.8) is 0 Å². The molecule has 0 aliphatic heterocycles. The monoisotopic (exact) mass is 276 g/mol. The molecule has 1 heterocycles. The Bertz CT molecular complexity index is 645. The van der Waals surface area contributed by atoms with E-state index in [2.05, 4.69) is 26.7 Å². The first-order chi connectivity index (χ1) is 9.20. The summed E-state index contributed by atoms with van der Waals surface area (Å²) in [6.45, 7) is 0.153. The third-order valence-corrected chi connectivity index (χ3v) is 2.73. The van der Waals surface area contributed by atoms with E-state index in [9.17, 15) is 9.18 Å². The first-order valence-electron chi connectivity index (χ1n) is 5.28. The molecule has 0 saturated carbocycles. The number of amides is 1. The van der Waals surface area contributed by atoms with E-state index in [1.165, 1.54) is 18.3 Å². The number of anilines is 1. The molecular formula is C12H9FN4OS. The molecule has 19 heavy (non-hydrogen) atoms. The molecule has 1 aromatic heterocycles. The molecule has 0 aliphatic carbocycles. The van der Waals surface area contributed by atoms with E-state index >= 15 is 0 Å². The standard InChI is InChI=1S/C12H9FN4OS/c13-10-6-9(4-3-8(10)2-1-5-14)12(18)16-11-7-15-17-19-11/h3-4,6-7H,5,14H2,(H,16,18). The number of hydrogen-bond donors (Lipinski definition) is 2. The number of hydrogen-bond acceptors (Lipinski definition) is 5. The highest BCUT2D eigenvalue weighted by Crippen LogP contribution is 2.14. The van der Waals surface area contributed by atoms with Crippen molar-refractivity contribution in [2.24, 2.45) is 5.73 Å². The van der Waals surface area contributed by atoms with Gasteiger partial charge < -0.3 is 11.1 Å². The van der Waals surface area contributed by atoms with Crippen LogP contribution in [0.1, 0.15) is 15.9 Å². The molecule has 0 radical (unpaired) electrons. The topological polar surface area (TPSA) is 80.9 Å². The van der Waals surface area contributed by atoms with Crippen molar-refractivity contribution in [3.05, 3.63) is 41.3 Å². The van der Waals surface area contributed by atoms with Crippen LogP contribution in [0.4, 0.5) is 9.39 Å². The Labute approximate surface area is 112 Å². The summed E-state index contributed by atoms with van der Waals surface area (Å²) >= 11 is 1.04. The van der Waals surface area contributed by atoms with Crippen LogP contribution in [0.2, 0.25) is 0 Å². The van der Waals surface area contributed by atoms with Gasteiger partial charge in [-0.05, 0) is 18.2 Å². The summed E-state index contributed by atoms with van der Waals surface area (Å²) in [5.41, 5.74) is 5.62. The predicted molar refractivity (Wildman–Crippen MR) is 70.2 cm³/mol. The van der Waals surface area contributed by atoms with Gasteiger partial charge in [0.1, 0.15) is 10.8 Å². The zero-order chi connectivity index (χ0) is 13.7. The lowest BCUT2D eigenvalue weighted by molar-refractivity contribution is 0.102. The van der Waals surface area contributed by atoms with Gasteiger partial charge in [0.2, 0.25) is 0 Å². The Kier molecular flexibility index (Phi) is 4.18. The maximum Gasteiger partial charge on any atom is 0.256 e. The molecule has 7 heteroatoms. The van der Waals surface area contributed by atoms with Crippen molar-refractivity contribution in [2.75, 3.05) is 11.9 Å². The molecule has 5 nitrogen and oxygen atoms in total. The fourth-order valence-electron chi connectivity index (χ4n) is 1.31. The van der Waals surface area contributed by atoms with Gasteiger partial charge >= 0.3 is 0 Å². The van der Waals surface area contributed by atoms with Gasteiger partial charge in [0.25, 0.3) is 5.91 Å². The highest BCUT2D eigenvalue weighted by molar-refractivity contribution is 7.10. The second-order valence-electron chi connectivity index (χ2n) is 3.44. The quantitative estimate of drug-likeness (QED) is 0.809. The van der Waals surface area contributed by atoms with Gasteiger partial charge in [-0.1, -0.05) is 16.3 Å². The number of carbonyl (C=O) groups is 1. The van der Waals surface area contributed by atoms with Crippen LogP contribution < -0.4 is 11.1 Å². The molecule has 0 spiro atoms. The summed E-state index contributed by atoms with van der Waals surface area (Å²) in [4.78, 5) is 11.8. The first-order valence-corrected chi connectivity index (χ1v) is 6.05. The van der Waals surface area contributed by atoms with Crippen molar-refractivity contribution in [1.29, 1.82) is 0 Å². The van der Waals surface area contributed by atoms with E-state index in [1.807, 2.05) is 0 Å². The molecule has 2 aromatic rings. The van der Waals surface area contributed by atoms with Gasteiger partial charge in [-0.2, -0.15) is 0 Å². The van der Waals surface area contributed by atoms with Crippen molar-refractivity contribution in [1.82, 2.24) is 9.59 Å². The molecule has 0 fully saturated rings. The first kappa shape index (κ1) is 13.1. The highest BCUT2D eigenvalue weighted by atomic mass is 32.1. The van der Waals surface area contributed by atoms with E-state index in [0.717, 1.165) is 17.6 Å². The Morgan fingerprint density at radius 2 is 2.37 bits per heavy atom. The third kappa shape index (κ3) is 3.34. The van der Waals surface area contributed by atoms with Crippen molar-refractivity contribution in [2.45, 2.75) is 0 Å². The van der Waals surface area contributed by atoms with Crippen LogP contribution >= 0.6 is 11.5 Å². The normalized spacial score (nSPS) is 9.58. The van der Waals surface area contributed by atoms with Crippen molar-refractivity contribution < 1.29 is 9.18 Å². The van der Waals surface area contributed by atoms with Gasteiger partial charge in [-0.15, -0.1) is 5.10 Å². The maximum atomic E-state index is 13.7. The Balaban J connectivity index is 2.17. The minimum absolute atomic E-state index is 0.153. The lowest BCUT2D eigenvalue weighted by atomic mass is 10.1. The van der Waals surface area contributed by atoms with E-state index in [-0.39, 0.29) is 17.7 Å². The molecule has 96 valence electrons. The summed E-state index contributed by atoms with van der Waals surface area (Å²) in [6, 6.07) is 4.07. The van der Waals surface area contributed by atoms with Crippen molar-refractivity contribution >= 4 is 22.4 Å². The summed E-state index contributed by atoms with van der Waals surface area (Å²) < 4.78 is 17.3. The van der Waals surface area contributed by atoms with Gasteiger partial charge in [-0.25, -0.2) is 4.39 Å². The highest BCUT2D eigenvalue weighted by Gasteiger charge is 2.10. The number of nitrogens with two attached hydrogens (primary N) is 1. The van der Waals surface area contributed by atoms with Crippen LogP contribution in [-0.4, -0.2) is 22.0 Å². The molecule has 1 amide bonds. The van der Waals surface area contributed by atoms with E-state index < -0.39 is 11.7 Å². The van der Waals surface area contributed by atoms with Gasteiger partial charge in [0, 0.05) is 17.1 Å². The lowest BCUT2D eigenvalue weighted by Crippen LogP contribution is -2.11. The minimum atomic E-state index is -0.559. The number of rotatable bonds is 2. The van der Waals surface area contributed by atoms with Crippen LogP contribution in [0.25, 0.3) is 0 Å². The smallest absolute Gasteiger partial charge is 0.256 e. The van der Waals surface area contributed by atoms with Gasteiger partial charge in [0.15, 0.2) is 0 Å². The summed E-state index contributed by atoms with van der Waals surface area (Å²) in [5.74, 6) is 4.15. The second-order valence-corrected chi connectivity index (χ2v) is 4.22. The average Bonchev–Trinajstić information content (AvgIpc) is 2.90. The molecule has 0 saturated heterocycles. The minimum Gasteiger partial charge on any atom is -0.320 e. The molecule has 0 bridgehead atoms. The largest absolute Gasteiger partial charge is 0.320 e. The van der Waals surface area contributed by atoms with Crippen LogP contribution in [0.15, 0.2) is 24.4 Å². The molecule has 0 unspecified atom stereocenters. The number of carbonyl (C=O) groups excluding carboxylic acids is 1. The van der Waals surface area contributed by atoms with Crippen LogP contribution in [0.5, 0.6) is 0 Å². The maximum absolute atomic E-state index is 13.7. The van der Waals surface area contributed by atoms with Gasteiger partial charge in [-0.3, -0.25) is 4.79 Å². The SMILES string of the molecule is NCC#Cc1ccc(C(=O)Nc2cnns2)cc1F. The average molecular weight is 276 g/mol. The number of benzene rings is 1. The second kappa shape index (κ2) is 6.04. The fraction of sp³-hybridized carbons (Fsp3) is 0.0833. The molecule has 0 aliphatic rings. The summed E-state index contributed by atoms with van der Waals surface area (Å²) in [5, 5.41) is 6.64. The van der Waals surface area contributed by atoms with Gasteiger partial charge in [0.05, 0.1) is 18.3 Å². The molecule has 0 atom stereocenters. The van der Waals surface area contributed by atoms with E-state index in [4.69, 9.17) is 5.73 Å². The van der Waals surface area contributed by atoms with E-state index in [0.29, 0.717) is 5.00 Å². The Morgan fingerprint density at radius 3 is 3.00 bits per heavy atom. The summed E-state index contributed by atoms with van der Waals surface area (Å²) in [7, 11) is 0. The molecule has 1 aromatic carbocycles. The van der Waals surface area contributed by atoms with Crippen LogP contribution in [-0.2, 0) is 0 Å². The van der Waals surface area contributed by atoms with Crippen LogP contribution in [0.3, 0.4) is 0 Å². The fourth-order valence-corrected chi connectivity index (χ4v) is 1.73. The summed E-state index contributed by atoms with van der Waals surface area (Å²) in [6.07, 6.45) is 1.42. The zero-order valence-electron chi connectivity index (χ0n) is 9.68.